The summed E-state index contributed by atoms with van der Waals surface area (Å²) in [6.45, 7) is 0. The predicted molar refractivity (Wildman–Crippen MR) is 168 cm³/mol. The third-order valence-corrected chi connectivity index (χ3v) is 8.91. The number of nitrogen functional groups attached to an aromatic ring is 1. The van der Waals surface area contributed by atoms with Gasteiger partial charge in [-0.3, -0.25) is 14.5 Å². The monoisotopic (exact) mass is 718 g/mol. The number of alkyl halides is 1. The Morgan fingerprint density at radius 2 is 1.83 bits per heavy atom. The van der Waals surface area contributed by atoms with Crippen LogP contribution in [0.15, 0.2) is 84.1 Å². The summed E-state index contributed by atoms with van der Waals surface area (Å²) in [5.74, 6) is -1.04. The number of benzene rings is 2. The lowest BCUT2D eigenvalue weighted by Crippen LogP contribution is -2.71. The van der Waals surface area contributed by atoms with Crippen molar-refractivity contribution in [2.45, 2.75) is 23.6 Å². The molecule has 4 N–H and O–H groups in total. The van der Waals surface area contributed by atoms with E-state index in [1.165, 1.54) is 23.8 Å². The second kappa shape index (κ2) is 13.8. The van der Waals surface area contributed by atoms with Crippen LogP contribution >= 0.6 is 45.9 Å². The summed E-state index contributed by atoms with van der Waals surface area (Å²) >= 11 is 4.61. The number of hydrogen-bond acceptors (Lipinski definition) is 11. The maximum Gasteiger partial charge on any atom is 0.356 e. The number of nitrogens with zero attached hydrogens (tertiary/aromatic N) is 3. The molecule has 2 unspecified atom stereocenters. The molecule has 1 saturated heterocycles. The smallest absolute Gasteiger partial charge is 0.356 e. The minimum atomic E-state index is -1.08. The summed E-state index contributed by atoms with van der Waals surface area (Å²) in [5, 5.41) is 2.45. The van der Waals surface area contributed by atoms with Crippen LogP contribution in [0.3, 0.4) is 0 Å². The van der Waals surface area contributed by atoms with Crippen molar-refractivity contribution in [3.8, 4) is 0 Å². The van der Waals surface area contributed by atoms with Crippen molar-refractivity contribution in [3.05, 3.63) is 101 Å². The van der Waals surface area contributed by atoms with Crippen molar-refractivity contribution in [3.63, 3.8) is 0 Å². The molecule has 3 aromatic rings. The average Bonchev–Trinajstić information content (AvgIpc) is 3.45. The predicted octanol–water partition coefficient (Wildman–Crippen LogP) is 3.29. The van der Waals surface area contributed by atoms with E-state index >= 15 is 0 Å². The highest BCUT2D eigenvalue weighted by Gasteiger charge is 2.55. The molecule has 2 aromatic carbocycles. The Balaban J connectivity index is 1.40. The zero-order valence-corrected chi connectivity index (χ0v) is 26.1. The van der Waals surface area contributed by atoms with Gasteiger partial charge in [-0.2, -0.15) is 9.85 Å². The summed E-state index contributed by atoms with van der Waals surface area (Å²) in [6, 6.07) is 16.9. The van der Waals surface area contributed by atoms with Gasteiger partial charge in [0, 0.05) is 21.7 Å². The van der Waals surface area contributed by atoms with Crippen molar-refractivity contribution in [1.29, 1.82) is 0 Å². The van der Waals surface area contributed by atoms with Gasteiger partial charge in [-0.05, 0) is 16.7 Å². The van der Waals surface area contributed by atoms with Crippen LogP contribution < -0.4 is 16.5 Å². The maximum atomic E-state index is 13.9. The molecule has 2 aliphatic heterocycles. The highest BCUT2D eigenvalue weighted by atomic mass is 127. The van der Waals surface area contributed by atoms with E-state index in [1.54, 1.807) is 0 Å². The van der Waals surface area contributed by atoms with Crippen LogP contribution in [0.5, 0.6) is 0 Å². The second-order valence-electron chi connectivity index (χ2n) is 9.18. The van der Waals surface area contributed by atoms with Crippen molar-refractivity contribution in [2.75, 3.05) is 23.0 Å². The van der Waals surface area contributed by atoms with E-state index in [4.69, 9.17) is 15.3 Å². The molecule has 0 bridgehead atoms. The molecule has 3 heterocycles. The summed E-state index contributed by atoms with van der Waals surface area (Å²) in [4.78, 5) is 51.1. The quantitative estimate of drug-likeness (QED) is 0.0887. The highest BCUT2D eigenvalue weighted by Crippen LogP contribution is 2.42. The molecule has 0 spiro atoms. The molecule has 42 heavy (non-hydrogen) atoms. The van der Waals surface area contributed by atoms with Gasteiger partial charge < -0.3 is 20.6 Å². The number of carbonyl (C=O) groups excluding carboxylic acids is 3. The van der Waals surface area contributed by atoms with Crippen LogP contribution in [0.1, 0.15) is 29.1 Å². The van der Waals surface area contributed by atoms with E-state index < -0.39 is 41.3 Å². The first-order valence-corrected chi connectivity index (χ1v) is 16.2. The van der Waals surface area contributed by atoms with E-state index in [9.17, 15) is 14.4 Å². The lowest BCUT2D eigenvalue weighted by Gasteiger charge is -2.49. The van der Waals surface area contributed by atoms with E-state index in [0.717, 1.165) is 27.1 Å². The van der Waals surface area contributed by atoms with Crippen molar-refractivity contribution >= 4 is 68.8 Å². The number of nitrogens with one attached hydrogen (secondary N) is 2. The summed E-state index contributed by atoms with van der Waals surface area (Å²) in [7, 11) is 1.36. The molecule has 1 aromatic heterocycles. The number of hydrogen-bond donors (Lipinski definition) is 3. The number of carbonyl (C=O) groups is 3. The number of hydroxylamine groups is 1. The van der Waals surface area contributed by atoms with Gasteiger partial charge in [-0.25, -0.2) is 9.78 Å². The van der Waals surface area contributed by atoms with Gasteiger partial charge in [-0.15, -0.1) is 11.8 Å². The summed E-state index contributed by atoms with van der Waals surface area (Å²) < 4.78 is 11.0. The molecule has 0 aliphatic carbocycles. The highest BCUT2D eigenvalue weighted by molar-refractivity contribution is 14.1. The molecule has 0 saturated carbocycles. The first kappa shape index (κ1) is 30.2. The zero-order valence-electron chi connectivity index (χ0n) is 22.3. The first-order valence-electron chi connectivity index (χ1n) is 12.8. The molecular weight excluding hydrogens is 691 g/mol. The van der Waals surface area contributed by atoms with Crippen LogP contribution in [0.25, 0.3) is 0 Å². The molecular formula is C28H27IN6O5S2. The standard InChI is InChI=1S/C28H27IN6O5S2/c1-39-33-19(23-32-28(30)42-34-23)24(36)31-20-25(37)35-21(18(13-8-14-29)15-41-26(20)35)27(38)40-22(16-9-4-2-5-10-16)17-11-6-3-7-12-17/h2-13,19-20,22,26,33H,14-15H2,1H3,(H,31,36)(H2,30,32,34)/t19?,20?,26-/m0/s1. The van der Waals surface area contributed by atoms with Crippen LogP contribution in [-0.2, 0) is 24.0 Å². The fourth-order valence-electron chi connectivity index (χ4n) is 4.64. The van der Waals surface area contributed by atoms with Crippen LogP contribution in [0, 0.1) is 0 Å². The number of esters is 1. The molecule has 3 atom stereocenters. The molecule has 0 radical (unpaired) electrons. The number of halogens is 1. The van der Waals surface area contributed by atoms with Gasteiger partial charge in [0.25, 0.3) is 5.91 Å². The SMILES string of the molecule is CONC(C(=O)NC1C(=O)N2C(C(=O)OC(c3ccccc3)c3ccccc3)=C(C=CCI)CS[C@@H]12)c1nsc(N)n1. The minimum absolute atomic E-state index is 0.125. The lowest BCUT2D eigenvalue weighted by molar-refractivity contribution is -0.155. The van der Waals surface area contributed by atoms with Crippen molar-refractivity contribution in [1.82, 2.24) is 25.1 Å². The normalized spacial score (nSPS) is 19.0. The van der Waals surface area contributed by atoms with Crippen molar-refractivity contribution in [2.24, 2.45) is 0 Å². The third kappa shape index (κ3) is 6.36. The van der Waals surface area contributed by atoms with Crippen LogP contribution in [0.4, 0.5) is 5.13 Å². The molecule has 5 rings (SSSR count). The number of nitrogens with two attached hydrogens (primary N) is 1. The Kier molecular flexibility index (Phi) is 9.89. The number of β-lactam (4-membered cyclic amide) rings is 1. The summed E-state index contributed by atoms with van der Waals surface area (Å²) in [5.41, 5.74) is 10.7. The topological polar surface area (TPSA) is 149 Å². The maximum absolute atomic E-state index is 13.9. The zero-order chi connectivity index (χ0) is 29.6. The van der Waals surface area contributed by atoms with Gasteiger partial charge >= 0.3 is 5.97 Å². The molecule has 2 amide bonds. The van der Waals surface area contributed by atoms with Gasteiger partial charge in [0.15, 0.2) is 23.1 Å². The fraction of sp³-hybridized carbons (Fsp3) is 0.250. The van der Waals surface area contributed by atoms with Gasteiger partial charge in [0.1, 0.15) is 17.1 Å². The summed E-state index contributed by atoms with van der Waals surface area (Å²) in [6.07, 6.45) is 3.09. The van der Waals surface area contributed by atoms with E-state index in [1.807, 2.05) is 72.8 Å². The van der Waals surface area contributed by atoms with Gasteiger partial charge in [0.2, 0.25) is 5.91 Å². The number of ether oxygens (including phenoxy) is 1. The van der Waals surface area contributed by atoms with E-state index in [0.29, 0.717) is 11.3 Å². The molecule has 2 aliphatic rings. The Labute approximate surface area is 264 Å². The van der Waals surface area contributed by atoms with E-state index in [2.05, 4.69) is 42.7 Å². The minimum Gasteiger partial charge on any atom is -0.448 e. The molecule has 11 nitrogen and oxygen atoms in total. The Bertz CT molecular complexity index is 1460. The second-order valence-corrected chi connectivity index (χ2v) is 11.9. The largest absolute Gasteiger partial charge is 0.448 e. The van der Waals surface area contributed by atoms with Gasteiger partial charge in [0.05, 0.1) is 7.11 Å². The molecule has 14 heteroatoms. The number of allylic oxidation sites excluding steroid dienone is 2. The number of aromatic nitrogens is 2. The average molecular weight is 719 g/mol. The Morgan fingerprint density at radius 3 is 2.40 bits per heavy atom. The number of thioether (sulfide) groups is 1. The fourth-order valence-corrected chi connectivity index (χ4v) is 6.68. The van der Waals surface area contributed by atoms with Crippen molar-refractivity contribution < 1.29 is 24.0 Å². The number of fused-ring (bicyclic) bond motifs is 1. The third-order valence-electron chi connectivity index (χ3n) is 6.54. The lowest BCUT2D eigenvalue weighted by atomic mass is 10.0. The van der Waals surface area contributed by atoms with Crippen LogP contribution in [-0.4, -0.2) is 60.7 Å². The van der Waals surface area contributed by atoms with Crippen LogP contribution in [0.2, 0.25) is 0 Å². The number of anilines is 1. The number of rotatable bonds is 11. The molecule has 218 valence electrons. The Hall–Kier alpha value is -3.31. The Morgan fingerprint density at radius 1 is 1.17 bits per heavy atom. The number of amides is 2. The van der Waals surface area contributed by atoms with E-state index in [-0.39, 0.29) is 16.7 Å². The molecule has 1 fully saturated rings. The first-order chi connectivity index (χ1) is 20.4. The van der Waals surface area contributed by atoms with Gasteiger partial charge in [-0.1, -0.05) is 95.4 Å².